The van der Waals surface area contributed by atoms with Gasteiger partial charge in [-0.2, -0.15) is 0 Å². The topological polar surface area (TPSA) is 77.1 Å². The Hall–Kier alpha value is -1.99. The molecule has 1 aromatic rings. The quantitative estimate of drug-likeness (QED) is 0.676. The highest BCUT2D eigenvalue weighted by molar-refractivity contribution is 5.92. The highest BCUT2D eigenvalue weighted by atomic mass is 35.5. The number of anilines is 1. The first kappa shape index (κ1) is 23.0. The van der Waals surface area contributed by atoms with Crippen LogP contribution in [0.15, 0.2) is 18.2 Å². The molecule has 152 valence electrons. The molecule has 0 bridgehead atoms. The third kappa shape index (κ3) is 6.92. The lowest BCUT2D eigenvalue weighted by Gasteiger charge is -2.30. The van der Waals surface area contributed by atoms with Gasteiger partial charge in [-0.25, -0.2) is 0 Å². The lowest BCUT2D eigenvalue weighted by Crippen LogP contribution is -2.38. The molecule has 1 fully saturated rings. The predicted molar refractivity (Wildman–Crippen MR) is 106 cm³/mol. The van der Waals surface area contributed by atoms with Gasteiger partial charge >= 0.3 is 5.97 Å². The molecule has 0 radical (unpaired) electrons. The first-order valence-corrected chi connectivity index (χ1v) is 8.98. The number of nitrogens with zero attached hydrogens (tertiary/aromatic N) is 1. The third-order valence-electron chi connectivity index (χ3n) is 4.54. The summed E-state index contributed by atoms with van der Waals surface area (Å²) in [4.78, 5) is 26.2. The summed E-state index contributed by atoms with van der Waals surface area (Å²) in [6.07, 6.45) is 1.94. The van der Waals surface area contributed by atoms with E-state index in [2.05, 4.69) is 10.2 Å². The third-order valence-corrected chi connectivity index (χ3v) is 4.54. The van der Waals surface area contributed by atoms with Crippen molar-refractivity contribution in [2.75, 3.05) is 45.8 Å². The second kappa shape index (κ2) is 11.7. The zero-order chi connectivity index (χ0) is 18.9. The molecule has 2 rings (SSSR count). The summed E-state index contributed by atoms with van der Waals surface area (Å²) in [5.74, 6) is 1.05. The molecule has 1 aliphatic rings. The summed E-state index contributed by atoms with van der Waals surface area (Å²) in [5.41, 5.74) is 0.595. The van der Waals surface area contributed by atoms with Crippen molar-refractivity contribution in [2.45, 2.75) is 26.2 Å². The van der Waals surface area contributed by atoms with Gasteiger partial charge in [0.15, 0.2) is 0 Å². The molecular formula is C19H29ClN2O5. The maximum absolute atomic E-state index is 12.3. The highest BCUT2D eigenvalue weighted by Crippen LogP contribution is 2.29. The minimum Gasteiger partial charge on any atom is -0.497 e. The number of rotatable bonds is 8. The SMILES string of the molecule is CCOC(=O)C1CCN(CCC(=O)Nc2cc(OC)ccc2OC)CC1.Cl. The molecule has 1 saturated heterocycles. The number of nitrogens with one attached hydrogen (secondary N) is 1. The van der Waals surface area contributed by atoms with E-state index in [1.165, 1.54) is 0 Å². The molecule has 0 atom stereocenters. The number of esters is 1. The monoisotopic (exact) mass is 400 g/mol. The normalized spacial score (nSPS) is 14.8. The Bertz CT molecular complexity index is 618. The average Bonchev–Trinajstić information content (AvgIpc) is 2.67. The van der Waals surface area contributed by atoms with Gasteiger partial charge in [-0.1, -0.05) is 0 Å². The zero-order valence-corrected chi connectivity index (χ0v) is 17.0. The van der Waals surface area contributed by atoms with Crippen LogP contribution in [0.3, 0.4) is 0 Å². The van der Waals surface area contributed by atoms with Crippen molar-refractivity contribution in [3.63, 3.8) is 0 Å². The maximum Gasteiger partial charge on any atom is 0.309 e. The molecule has 0 spiro atoms. The second-order valence-electron chi connectivity index (χ2n) is 6.23. The van der Waals surface area contributed by atoms with Crippen LogP contribution in [0.2, 0.25) is 0 Å². The van der Waals surface area contributed by atoms with E-state index < -0.39 is 0 Å². The molecule has 1 amide bonds. The van der Waals surface area contributed by atoms with Gasteiger partial charge in [0.05, 0.1) is 32.4 Å². The Morgan fingerprint density at radius 2 is 1.89 bits per heavy atom. The molecule has 7 nitrogen and oxygen atoms in total. The number of hydrogen-bond acceptors (Lipinski definition) is 6. The van der Waals surface area contributed by atoms with Gasteiger partial charge in [-0.05, 0) is 45.0 Å². The molecule has 1 aliphatic heterocycles. The van der Waals surface area contributed by atoms with Gasteiger partial charge in [0.1, 0.15) is 11.5 Å². The van der Waals surface area contributed by atoms with Crippen LogP contribution in [0.4, 0.5) is 5.69 Å². The summed E-state index contributed by atoms with van der Waals surface area (Å²) in [7, 11) is 3.14. The maximum atomic E-state index is 12.3. The fraction of sp³-hybridized carbons (Fsp3) is 0.579. The van der Waals surface area contributed by atoms with Crippen LogP contribution in [0.5, 0.6) is 11.5 Å². The Balaban J connectivity index is 0.00000364. The zero-order valence-electron chi connectivity index (χ0n) is 16.2. The largest absolute Gasteiger partial charge is 0.497 e. The van der Waals surface area contributed by atoms with E-state index in [-0.39, 0.29) is 30.2 Å². The number of hydrogen-bond donors (Lipinski definition) is 1. The first-order chi connectivity index (χ1) is 12.6. The Morgan fingerprint density at radius 1 is 1.19 bits per heavy atom. The molecule has 8 heteroatoms. The van der Waals surface area contributed by atoms with Crippen molar-refractivity contribution >= 4 is 30.0 Å². The van der Waals surface area contributed by atoms with Gasteiger partial charge in [-0.15, -0.1) is 12.4 Å². The Morgan fingerprint density at radius 3 is 2.48 bits per heavy atom. The number of ether oxygens (including phenoxy) is 3. The number of carbonyl (C=O) groups is 2. The fourth-order valence-electron chi connectivity index (χ4n) is 3.04. The van der Waals surface area contributed by atoms with E-state index in [4.69, 9.17) is 14.2 Å². The first-order valence-electron chi connectivity index (χ1n) is 8.98. The smallest absolute Gasteiger partial charge is 0.309 e. The van der Waals surface area contributed by atoms with Gasteiger partial charge in [0.2, 0.25) is 5.91 Å². The van der Waals surface area contributed by atoms with E-state index >= 15 is 0 Å². The molecule has 0 aliphatic carbocycles. The van der Waals surface area contributed by atoms with E-state index in [1.807, 2.05) is 6.92 Å². The summed E-state index contributed by atoms with van der Waals surface area (Å²) >= 11 is 0. The predicted octanol–water partition coefficient (Wildman–Crippen LogP) is 2.73. The number of piperidine rings is 1. The number of amides is 1. The molecule has 1 aromatic carbocycles. The number of halogens is 1. The van der Waals surface area contributed by atoms with Gasteiger partial charge < -0.3 is 24.4 Å². The molecule has 1 heterocycles. The van der Waals surface area contributed by atoms with Crippen LogP contribution in [0.1, 0.15) is 26.2 Å². The van der Waals surface area contributed by atoms with Crippen molar-refractivity contribution in [3.05, 3.63) is 18.2 Å². The van der Waals surface area contributed by atoms with Crippen molar-refractivity contribution in [2.24, 2.45) is 5.92 Å². The van der Waals surface area contributed by atoms with Crippen LogP contribution < -0.4 is 14.8 Å². The second-order valence-corrected chi connectivity index (χ2v) is 6.23. The standard InChI is InChI=1S/C19H28N2O5.ClH/c1-4-26-19(23)14-7-10-21(11-8-14)12-9-18(22)20-16-13-15(24-2)5-6-17(16)25-3;/h5-6,13-14H,4,7-12H2,1-3H3,(H,20,22);1H. The summed E-state index contributed by atoms with van der Waals surface area (Å²) in [5, 5.41) is 2.87. The van der Waals surface area contributed by atoms with Crippen molar-refractivity contribution in [1.29, 1.82) is 0 Å². The molecule has 1 N–H and O–H groups in total. The minimum atomic E-state index is -0.102. The van der Waals surface area contributed by atoms with E-state index in [9.17, 15) is 9.59 Å². The van der Waals surface area contributed by atoms with Crippen molar-refractivity contribution in [1.82, 2.24) is 4.90 Å². The molecular weight excluding hydrogens is 372 g/mol. The van der Waals surface area contributed by atoms with Crippen LogP contribution >= 0.6 is 12.4 Å². The van der Waals surface area contributed by atoms with Crippen LogP contribution in [-0.4, -0.2) is 57.2 Å². The van der Waals surface area contributed by atoms with E-state index in [0.29, 0.717) is 36.8 Å². The Labute approximate surface area is 166 Å². The minimum absolute atomic E-state index is 0. The Kier molecular flexibility index (Phi) is 9.96. The molecule has 0 saturated carbocycles. The van der Waals surface area contributed by atoms with Crippen LogP contribution in [-0.2, 0) is 14.3 Å². The van der Waals surface area contributed by atoms with Crippen LogP contribution in [0, 0.1) is 5.92 Å². The lowest BCUT2D eigenvalue weighted by atomic mass is 9.97. The summed E-state index contributed by atoms with van der Waals surface area (Å²) in [6, 6.07) is 5.28. The van der Waals surface area contributed by atoms with Gasteiger partial charge in [0.25, 0.3) is 0 Å². The number of benzene rings is 1. The molecule has 27 heavy (non-hydrogen) atoms. The number of methoxy groups -OCH3 is 2. The van der Waals surface area contributed by atoms with E-state index in [1.54, 1.807) is 32.4 Å². The lowest BCUT2D eigenvalue weighted by molar-refractivity contribution is -0.149. The van der Waals surface area contributed by atoms with Crippen molar-refractivity contribution < 1.29 is 23.8 Å². The average molecular weight is 401 g/mol. The van der Waals surface area contributed by atoms with Crippen molar-refractivity contribution in [3.8, 4) is 11.5 Å². The van der Waals surface area contributed by atoms with Gasteiger partial charge in [0, 0.05) is 19.0 Å². The molecule has 0 aromatic heterocycles. The molecule has 0 unspecified atom stereocenters. The fourth-order valence-corrected chi connectivity index (χ4v) is 3.04. The highest BCUT2D eigenvalue weighted by Gasteiger charge is 2.26. The van der Waals surface area contributed by atoms with E-state index in [0.717, 1.165) is 25.9 Å². The summed E-state index contributed by atoms with van der Waals surface area (Å²) in [6.45, 7) is 4.52. The summed E-state index contributed by atoms with van der Waals surface area (Å²) < 4.78 is 15.5. The van der Waals surface area contributed by atoms with Gasteiger partial charge in [-0.3, -0.25) is 9.59 Å². The van der Waals surface area contributed by atoms with Crippen LogP contribution in [0.25, 0.3) is 0 Å². The number of carbonyl (C=O) groups excluding carboxylic acids is 2. The number of likely N-dealkylation sites (tertiary alicyclic amines) is 1.